The molecule has 0 saturated carbocycles. The summed E-state index contributed by atoms with van der Waals surface area (Å²) in [7, 11) is 0. The monoisotopic (exact) mass is 205 g/mol. The topological polar surface area (TPSA) is 37.6 Å². The van der Waals surface area contributed by atoms with Crippen LogP contribution in [0.1, 0.15) is 5.56 Å². The van der Waals surface area contributed by atoms with Crippen molar-refractivity contribution >= 4 is 0 Å². The van der Waals surface area contributed by atoms with E-state index < -0.39 is 23.2 Å². The maximum absolute atomic E-state index is 12.6. The molecule has 0 spiro atoms. The lowest BCUT2D eigenvalue weighted by Crippen LogP contribution is -2.30. The average Bonchev–Trinajstić information content (AvgIpc) is 2.82. The molecule has 0 radical (unpaired) electrons. The third-order valence-corrected chi connectivity index (χ3v) is 1.80. The fourth-order valence-corrected chi connectivity index (χ4v) is 1.05. The van der Waals surface area contributed by atoms with Crippen molar-refractivity contribution in [2.45, 2.75) is 11.8 Å². The Morgan fingerprint density at radius 3 is 2.21 bits per heavy atom. The molecular formula is C7H3F4N3. The zero-order chi connectivity index (χ0) is 10.4. The maximum atomic E-state index is 12.6. The van der Waals surface area contributed by atoms with Crippen LogP contribution in [0.5, 0.6) is 0 Å². The molecule has 1 aromatic heterocycles. The highest BCUT2D eigenvalue weighted by molar-refractivity contribution is 5.27. The molecule has 1 aromatic rings. The molecule has 0 saturated heterocycles. The van der Waals surface area contributed by atoms with Gasteiger partial charge in [-0.25, -0.2) is 4.39 Å². The molecule has 0 atom stereocenters. The van der Waals surface area contributed by atoms with E-state index in [1.807, 2.05) is 0 Å². The minimum absolute atomic E-state index is 0.398. The van der Waals surface area contributed by atoms with E-state index in [0.717, 1.165) is 18.5 Å². The van der Waals surface area contributed by atoms with E-state index in [0.29, 0.717) is 0 Å². The van der Waals surface area contributed by atoms with Gasteiger partial charge in [0.15, 0.2) is 0 Å². The molecule has 14 heavy (non-hydrogen) atoms. The van der Waals surface area contributed by atoms with Gasteiger partial charge in [0.05, 0.1) is 6.20 Å². The fraction of sp³-hybridized carbons (Fsp3) is 0.286. The second-order valence-electron chi connectivity index (χ2n) is 2.76. The molecule has 0 bridgehead atoms. The largest absolute Gasteiger partial charge is 0.442 e. The first-order valence-corrected chi connectivity index (χ1v) is 3.57. The Kier molecular flexibility index (Phi) is 1.61. The Bertz CT molecular complexity index is 392. The van der Waals surface area contributed by atoms with Gasteiger partial charge in [-0.3, -0.25) is 4.98 Å². The summed E-state index contributed by atoms with van der Waals surface area (Å²) in [6, 6.07) is 0.723. The SMILES string of the molecule is Fc1cncc(C2(C(F)(F)F)N=N2)c1. The zero-order valence-corrected chi connectivity index (χ0v) is 6.59. The molecule has 7 heteroatoms. The molecule has 0 unspecified atom stereocenters. The molecule has 0 N–H and O–H groups in total. The lowest BCUT2D eigenvalue weighted by atomic mass is 10.1. The highest BCUT2D eigenvalue weighted by Crippen LogP contribution is 2.52. The Morgan fingerprint density at radius 2 is 1.79 bits per heavy atom. The molecule has 0 aliphatic carbocycles. The van der Waals surface area contributed by atoms with Crippen molar-refractivity contribution < 1.29 is 17.6 Å². The highest BCUT2D eigenvalue weighted by atomic mass is 19.4. The van der Waals surface area contributed by atoms with Gasteiger partial charge >= 0.3 is 11.8 Å². The third-order valence-electron chi connectivity index (χ3n) is 1.80. The number of nitrogens with zero attached hydrogens (tertiary/aromatic N) is 3. The van der Waals surface area contributed by atoms with E-state index >= 15 is 0 Å². The number of hydrogen-bond acceptors (Lipinski definition) is 3. The van der Waals surface area contributed by atoms with E-state index in [4.69, 9.17) is 0 Å². The van der Waals surface area contributed by atoms with Crippen LogP contribution >= 0.6 is 0 Å². The number of halogens is 4. The van der Waals surface area contributed by atoms with Crippen molar-refractivity contribution in [2.24, 2.45) is 10.2 Å². The second kappa shape index (κ2) is 2.49. The standard InChI is InChI=1S/C7H3F4N3/c8-5-1-4(2-12-3-5)6(13-14-6)7(9,10)11/h1-3H. The zero-order valence-electron chi connectivity index (χ0n) is 6.59. The van der Waals surface area contributed by atoms with E-state index in [1.54, 1.807) is 0 Å². The fourth-order valence-electron chi connectivity index (χ4n) is 1.05. The van der Waals surface area contributed by atoms with Crippen molar-refractivity contribution in [3.63, 3.8) is 0 Å². The Balaban J connectivity index is 2.41. The minimum atomic E-state index is -4.64. The van der Waals surface area contributed by atoms with Crippen LogP contribution in [0.2, 0.25) is 0 Å². The lowest BCUT2D eigenvalue weighted by molar-refractivity contribution is -0.166. The third kappa shape index (κ3) is 1.16. The summed E-state index contributed by atoms with van der Waals surface area (Å²) >= 11 is 0. The van der Waals surface area contributed by atoms with Gasteiger partial charge in [-0.15, -0.1) is 10.2 Å². The number of hydrogen-bond donors (Lipinski definition) is 0. The van der Waals surface area contributed by atoms with Crippen molar-refractivity contribution in [2.75, 3.05) is 0 Å². The molecule has 1 aliphatic heterocycles. The first-order valence-electron chi connectivity index (χ1n) is 3.57. The molecule has 1 aliphatic rings. The predicted octanol–water partition coefficient (Wildman–Crippen LogP) is 2.40. The van der Waals surface area contributed by atoms with Crippen LogP contribution in [0.3, 0.4) is 0 Å². The van der Waals surface area contributed by atoms with Gasteiger partial charge in [-0.1, -0.05) is 0 Å². The quantitative estimate of drug-likeness (QED) is 0.648. The van der Waals surface area contributed by atoms with E-state index in [9.17, 15) is 17.6 Å². The second-order valence-corrected chi connectivity index (χ2v) is 2.76. The molecule has 2 heterocycles. The molecule has 2 rings (SSSR count). The van der Waals surface area contributed by atoms with E-state index in [2.05, 4.69) is 15.2 Å². The van der Waals surface area contributed by atoms with Crippen LogP contribution < -0.4 is 0 Å². The van der Waals surface area contributed by atoms with Crippen LogP contribution in [0.25, 0.3) is 0 Å². The summed E-state index contributed by atoms with van der Waals surface area (Å²) < 4.78 is 49.7. The summed E-state index contributed by atoms with van der Waals surface area (Å²) in [5.74, 6) is -0.844. The smallest absolute Gasteiger partial charge is 0.261 e. The summed E-state index contributed by atoms with van der Waals surface area (Å²) in [5, 5.41) is 5.82. The maximum Gasteiger partial charge on any atom is 0.442 e. The predicted molar refractivity (Wildman–Crippen MR) is 36.8 cm³/mol. The molecular weight excluding hydrogens is 202 g/mol. The van der Waals surface area contributed by atoms with Crippen molar-refractivity contribution in [3.8, 4) is 0 Å². The molecule has 3 nitrogen and oxygen atoms in total. The Hall–Kier alpha value is -1.53. The van der Waals surface area contributed by atoms with Crippen molar-refractivity contribution in [3.05, 3.63) is 29.8 Å². The summed E-state index contributed by atoms with van der Waals surface area (Å²) in [6.07, 6.45) is -2.92. The van der Waals surface area contributed by atoms with E-state index in [1.165, 1.54) is 0 Å². The lowest BCUT2D eigenvalue weighted by Gasteiger charge is -2.13. The van der Waals surface area contributed by atoms with Gasteiger partial charge in [-0.05, 0) is 6.07 Å². The average molecular weight is 205 g/mol. The highest BCUT2D eigenvalue weighted by Gasteiger charge is 2.65. The number of alkyl halides is 3. The first kappa shape index (κ1) is 9.04. The summed E-state index contributed by atoms with van der Waals surface area (Å²) in [6.45, 7) is 0. The Labute approximate surface area is 75.5 Å². The molecule has 0 aromatic carbocycles. The van der Waals surface area contributed by atoms with Gasteiger partial charge in [-0.2, -0.15) is 13.2 Å². The summed E-state index contributed by atoms with van der Waals surface area (Å²) in [5.41, 5.74) is -2.98. The van der Waals surface area contributed by atoms with Crippen LogP contribution in [0, 0.1) is 5.82 Å². The van der Waals surface area contributed by atoms with Gasteiger partial charge in [0.2, 0.25) is 0 Å². The van der Waals surface area contributed by atoms with Gasteiger partial charge in [0.25, 0.3) is 0 Å². The van der Waals surface area contributed by atoms with Crippen LogP contribution in [0.4, 0.5) is 17.6 Å². The minimum Gasteiger partial charge on any atom is -0.261 e. The van der Waals surface area contributed by atoms with Crippen LogP contribution in [0.15, 0.2) is 28.7 Å². The van der Waals surface area contributed by atoms with Gasteiger partial charge in [0, 0.05) is 11.8 Å². The van der Waals surface area contributed by atoms with Crippen molar-refractivity contribution in [1.29, 1.82) is 0 Å². The number of rotatable bonds is 1. The van der Waals surface area contributed by atoms with Crippen LogP contribution in [-0.2, 0) is 5.66 Å². The van der Waals surface area contributed by atoms with E-state index in [-0.39, 0.29) is 0 Å². The molecule has 0 fully saturated rings. The van der Waals surface area contributed by atoms with Gasteiger partial charge in [0.1, 0.15) is 5.82 Å². The van der Waals surface area contributed by atoms with Crippen LogP contribution in [-0.4, -0.2) is 11.2 Å². The first-order chi connectivity index (χ1) is 6.46. The van der Waals surface area contributed by atoms with Gasteiger partial charge < -0.3 is 0 Å². The summed E-state index contributed by atoms with van der Waals surface area (Å²) in [4.78, 5) is 3.31. The Morgan fingerprint density at radius 1 is 1.14 bits per heavy atom. The molecule has 74 valence electrons. The van der Waals surface area contributed by atoms with Crippen molar-refractivity contribution in [1.82, 2.24) is 4.98 Å². The number of aromatic nitrogens is 1. The molecule has 0 amide bonds. The number of pyridine rings is 1. The normalized spacial score (nSPS) is 18.3.